The third-order valence-corrected chi connectivity index (χ3v) is 4.50. The van der Waals surface area contributed by atoms with Gasteiger partial charge in [-0.25, -0.2) is 8.42 Å². The number of aromatic nitrogens is 2. The molecule has 1 heterocycles. The van der Waals surface area contributed by atoms with Crippen molar-refractivity contribution in [2.75, 3.05) is 26.1 Å². The molecule has 0 aliphatic rings. The summed E-state index contributed by atoms with van der Waals surface area (Å²) in [5, 5.41) is 3.97. The maximum absolute atomic E-state index is 12.4. The second-order valence-corrected chi connectivity index (χ2v) is 6.23. The second-order valence-electron chi connectivity index (χ2n) is 4.55. The largest absolute Gasteiger partial charge is 0.493 e. The van der Waals surface area contributed by atoms with Crippen LogP contribution in [0.4, 0.5) is 5.69 Å². The van der Waals surface area contributed by atoms with Crippen molar-refractivity contribution in [1.82, 2.24) is 9.78 Å². The van der Waals surface area contributed by atoms with E-state index < -0.39 is 10.0 Å². The molecule has 1 aromatic carbocycles. The van der Waals surface area contributed by atoms with E-state index in [0.29, 0.717) is 29.5 Å². The van der Waals surface area contributed by atoms with E-state index in [4.69, 9.17) is 14.2 Å². The Morgan fingerprint density at radius 2 is 1.74 bits per heavy atom. The van der Waals surface area contributed by atoms with E-state index in [2.05, 4.69) is 9.82 Å². The number of anilines is 1. The van der Waals surface area contributed by atoms with Crippen molar-refractivity contribution < 1.29 is 22.6 Å². The number of rotatable bonds is 7. The maximum atomic E-state index is 12.4. The summed E-state index contributed by atoms with van der Waals surface area (Å²) >= 11 is 0. The van der Waals surface area contributed by atoms with E-state index in [1.54, 1.807) is 0 Å². The molecular weight excluding hydrogens is 322 g/mol. The molecule has 0 bridgehead atoms. The molecule has 0 atom stereocenters. The van der Waals surface area contributed by atoms with E-state index in [1.807, 2.05) is 6.92 Å². The smallest absolute Gasteiger partial charge is 0.265 e. The van der Waals surface area contributed by atoms with Gasteiger partial charge in [0.15, 0.2) is 11.5 Å². The Balaban J connectivity index is 2.39. The zero-order chi connectivity index (χ0) is 17.0. The van der Waals surface area contributed by atoms with Crippen LogP contribution in [-0.4, -0.2) is 39.5 Å². The molecule has 0 aliphatic carbocycles. The van der Waals surface area contributed by atoms with Gasteiger partial charge in [0, 0.05) is 24.9 Å². The average molecular weight is 341 g/mol. The minimum Gasteiger partial charge on any atom is -0.493 e. The first kappa shape index (κ1) is 16.9. The standard InChI is InChI=1S/C14H19N3O5S/c1-5-17-9-11(8-15-17)23(18,19)16-10-6-12(20-2)14(22-4)13(7-10)21-3/h6-9,16H,5H2,1-4H3. The van der Waals surface area contributed by atoms with Gasteiger partial charge in [-0.1, -0.05) is 0 Å². The van der Waals surface area contributed by atoms with Gasteiger partial charge < -0.3 is 14.2 Å². The number of ether oxygens (including phenoxy) is 3. The number of hydrogen-bond donors (Lipinski definition) is 1. The van der Waals surface area contributed by atoms with Crippen molar-refractivity contribution in [3.05, 3.63) is 24.5 Å². The van der Waals surface area contributed by atoms with Crippen LogP contribution < -0.4 is 18.9 Å². The van der Waals surface area contributed by atoms with Crippen molar-refractivity contribution in [2.45, 2.75) is 18.4 Å². The summed E-state index contributed by atoms with van der Waals surface area (Å²) in [6.07, 6.45) is 2.75. The Bertz CT molecular complexity index is 760. The predicted octanol–water partition coefficient (Wildman–Crippen LogP) is 1.73. The third-order valence-electron chi connectivity index (χ3n) is 3.16. The highest BCUT2D eigenvalue weighted by molar-refractivity contribution is 7.92. The van der Waals surface area contributed by atoms with Crippen molar-refractivity contribution >= 4 is 15.7 Å². The topological polar surface area (TPSA) is 91.7 Å². The predicted molar refractivity (Wildman–Crippen MR) is 84.8 cm³/mol. The molecule has 8 nitrogen and oxygen atoms in total. The van der Waals surface area contributed by atoms with Gasteiger partial charge in [0.1, 0.15) is 4.90 Å². The fraction of sp³-hybridized carbons (Fsp3) is 0.357. The Kier molecular flexibility index (Phi) is 4.99. The number of methoxy groups -OCH3 is 3. The summed E-state index contributed by atoms with van der Waals surface area (Å²) in [6, 6.07) is 3.03. The summed E-state index contributed by atoms with van der Waals surface area (Å²) < 4.78 is 44.4. The fourth-order valence-electron chi connectivity index (χ4n) is 2.01. The Morgan fingerprint density at radius 3 is 2.17 bits per heavy atom. The molecule has 0 aliphatic heterocycles. The van der Waals surface area contributed by atoms with Gasteiger partial charge in [-0.05, 0) is 6.92 Å². The second kappa shape index (κ2) is 6.78. The van der Waals surface area contributed by atoms with Crippen LogP contribution in [0.15, 0.2) is 29.4 Å². The molecule has 9 heteroatoms. The molecule has 0 unspecified atom stereocenters. The summed E-state index contributed by atoms with van der Waals surface area (Å²) in [4.78, 5) is 0.0769. The normalized spacial score (nSPS) is 11.1. The molecule has 0 radical (unpaired) electrons. The molecule has 23 heavy (non-hydrogen) atoms. The molecular formula is C14H19N3O5S. The Labute approximate surface area is 135 Å². The molecule has 1 N–H and O–H groups in total. The highest BCUT2D eigenvalue weighted by Crippen LogP contribution is 2.40. The molecule has 2 aromatic rings. The zero-order valence-electron chi connectivity index (χ0n) is 13.4. The number of hydrogen-bond acceptors (Lipinski definition) is 6. The first-order valence-electron chi connectivity index (χ1n) is 6.80. The Hall–Kier alpha value is -2.42. The van der Waals surface area contributed by atoms with Gasteiger partial charge in [-0.3, -0.25) is 9.40 Å². The van der Waals surface area contributed by atoms with Gasteiger partial charge >= 0.3 is 0 Å². The minimum atomic E-state index is -3.76. The van der Waals surface area contributed by atoms with Crippen molar-refractivity contribution in [2.24, 2.45) is 0 Å². The SMILES string of the molecule is CCn1cc(S(=O)(=O)Nc2cc(OC)c(OC)c(OC)c2)cn1. The first-order valence-corrected chi connectivity index (χ1v) is 8.28. The van der Waals surface area contributed by atoms with Crippen LogP contribution >= 0.6 is 0 Å². The molecule has 0 saturated heterocycles. The molecule has 1 aromatic heterocycles. The van der Waals surface area contributed by atoms with Crippen LogP contribution in [0.3, 0.4) is 0 Å². The summed E-state index contributed by atoms with van der Waals surface area (Å²) in [7, 11) is 0.637. The average Bonchev–Trinajstić information content (AvgIpc) is 3.03. The number of aryl methyl sites for hydroxylation is 1. The number of nitrogens with one attached hydrogen (secondary N) is 1. The molecule has 2 rings (SSSR count). The molecule has 0 spiro atoms. The van der Waals surface area contributed by atoms with Crippen molar-refractivity contribution in [1.29, 1.82) is 0 Å². The highest BCUT2D eigenvalue weighted by atomic mass is 32.2. The van der Waals surface area contributed by atoms with Gasteiger partial charge in [-0.2, -0.15) is 5.10 Å². The van der Waals surface area contributed by atoms with Crippen LogP contribution in [0, 0.1) is 0 Å². The third kappa shape index (κ3) is 3.50. The Morgan fingerprint density at radius 1 is 1.13 bits per heavy atom. The van der Waals surface area contributed by atoms with Crippen LogP contribution in [0.2, 0.25) is 0 Å². The van der Waals surface area contributed by atoms with E-state index in [-0.39, 0.29) is 4.90 Å². The van der Waals surface area contributed by atoms with E-state index in [1.165, 1.54) is 50.5 Å². The van der Waals surface area contributed by atoms with Gasteiger partial charge in [0.2, 0.25) is 5.75 Å². The minimum absolute atomic E-state index is 0.0769. The van der Waals surface area contributed by atoms with E-state index in [0.717, 1.165) is 0 Å². The van der Waals surface area contributed by atoms with E-state index in [9.17, 15) is 8.42 Å². The van der Waals surface area contributed by atoms with Gasteiger partial charge in [0.25, 0.3) is 10.0 Å². The van der Waals surface area contributed by atoms with Crippen LogP contribution in [0.1, 0.15) is 6.92 Å². The lowest BCUT2D eigenvalue weighted by Gasteiger charge is -2.14. The van der Waals surface area contributed by atoms with Crippen molar-refractivity contribution in [3.63, 3.8) is 0 Å². The lowest BCUT2D eigenvalue weighted by atomic mass is 10.2. The lowest BCUT2D eigenvalue weighted by Crippen LogP contribution is -2.12. The molecule has 0 fully saturated rings. The highest BCUT2D eigenvalue weighted by Gasteiger charge is 2.19. The maximum Gasteiger partial charge on any atom is 0.265 e. The van der Waals surface area contributed by atoms with Crippen LogP contribution in [-0.2, 0) is 16.6 Å². The molecule has 0 saturated carbocycles. The summed E-state index contributed by atoms with van der Waals surface area (Å²) in [5.41, 5.74) is 0.295. The first-order chi connectivity index (χ1) is 10.9. The quantitative estimate of drug-likeness (QED) is 0.824. The van der Waals surface area contributed by atoms with Gasteiger partial charge in [0.05, 0.1) is 33.2 Å². The fourth-order valence-corrected chi connectivity index (χ4v) is 3.00. The number of nitrogens with zero attached hydrogens (tertiary/aromatic N) is 2. The lowest BCUT2D eigenvalue weighted by molar-refractivity contribution is 0.325. The number of benzene rings is 1. The number of sulfonamides is 1. The summed E-state index contributed by atoms with van der Waals surface area (Å²) in [5.74, 6) is 1.10. The zero-order valence-corrected chi connectivity index (χ0v) is 14.2. The monoisotopic (exact) mass is 341 g/mol. The van der Waals surface area contributed by atoms with Gasteiger partial charge in [-0.15, -0.1) is 0 Å². The van der Waals surface area contributed by atoms with E-state index >= 15 is 0 Å². The summed E-state index contributed by atoms with van der Waals surface area (Å²) in [6.45, 7) is 2.45. The molecule has 0 amide bonds. The molecule has 126 valence electrons. The van der Waals surface area contributed by atoms with Crippen molar-refractivity contribution in [3.8, 4) is 17.2 Å². The van der Waals surface area contributed by atoms with Crippen LogP contribution in [0.25, 0.3) is 0 Å². The van der Waals surface area contributed by atoms with Crippen LogP contribution in [0.5, 0.6) is 17.2 Å².